The van der Waals surface area contributed by atoms with Gasteiger partial charge in [0.1, 0.15) is 0 Å². The summed E-state index contributed by atoms with van der Waals surface area (Å²) in [5.74, 6) is 1.03. The van der Waals surface area contributed by atoms with Gasteiger partial charge in [-0.1, -0.05) is 24.3 Å². The average Bonchev–Trinajstić information content (AvgIpc) is 2.87. The molecule has 0 bridgehead atoms. The second-order valence-electron chi connectivity index (χ2n) is 7.73. The van der Waals surface area contributed by atoms with E-state index in [0.29, 0.717) is 0 Å². The van der Waals surface area contributed by atoms with Gasteiger partial charge in [-0.15, -0.1) is 11.8 Å². The number of thioether (sulfide) groups is 1. The normalized spacial score (nSPS) is 25.4. The molecule has 118 valence electrons. The standard InChI is InChI=1S/C17H24BNO2S/c1-15(2)11-22-14(19-15)12-8-7-9-13(10-12)18-20-16(3,4)17(5,6)21-18/h7-10H,11H2,1-6H3. The lowest BCUT2D eigenvalue weighted by Gasteiger charge is -2.32. The summed E-state index contributed by atoms with van der Waals surface area (Å²) in [4.78, 5) is 4.81. The first-order valence-electron chi connectivity index (χ1n) is 7.78. The van der Waals surface area contributed by atoms with Gasteiger partial charge in [-0.05, 0) is 47.0 Å². The van der Waals surface area contributed by atoms with Gasteiger partial charge in [0.25, 0.3) is 0 Å². The molecule has 3 nitrogen and oxygen atoms in total. The minimum absolute atomic E-state index is 0.0281. The Hall–Kier alpha value is -0.775. The van der Waals surface area contributed by atoms with Crippen LogP contribution in [0.1, 0.15) is 47.1 Å². The van der Waals surface area contributed by atoms with E-state index in [1.54, 1.807) is 0 Å². The van der Waals surface area contributed by atoms with Crippen molar-refractivity contribution in [3.63, 3.8) is 0 Å². The van der Waals surface area contributed by atoms with Gasteiger partial charge >= 0.3 is 7.12 Å². The van der Waals surface area contributed by atoms with Crippen LogP contribution in [-0.4, -0.2) is 34.7 Å². The first kappa shape index (κ1) is 16.1. The molecule has 2 aliphatic heterocycles. The Balaban J connectivity index is 1.88. The second kappa shape index (κ2) is 5.12. The predicted octanol–water partition coefficient (Wildman–Crippen LogP) is 3.26. The third-order valence-corrected chi connectivity index (χ3v) is 6.08. The maximum atomic E-state index is 6.14. The Kier molecular flexibility index (Phi) is 3.74. The van der Waals surface area contributed by atoms with Gasteiger partial charge in [-0.2, -0.15) is 0 Å². The molecule has 3 rings (SSSR count). The zero-order valence-electron chi connectivity index (χ0n) is 14.3. The van der Waals surface area contributed by atoms with Gasteiger partial charge < -0.3 is 9.31 Å². The Morgan fingerprint density at radius 3 is 2.23 bits per heavy atom. The van der Waals surface area contributed by atoms with Crippen molar-refractivity contribution in [1.82, 2.24) is 0 Å². The molecule has 1 aromatic rings. The van der Waals surface area contributed by atoms with Crippen LogP contribution in [0.4, 0.5) is 0 Å². The Morgan fingerprint density at radius 2 is 1.68 bits per heavy atom. The highest BCUT2D eigenvalue weighted by atomic mass is 32.2. The molecule has 5 heteroatoms. The number of hydrogen-bond donors (Lipinski definition) is 0. The molecule has 2 aliphatic rings. The van der Waals surface area contributed by atoms with Crippen molar-refractivity contribution in [1.29, 1.82) is 0 Å². The van der Waals surface area contributed by atoms with Crippen LogP contribution < -0.4 is 5.46 Å². The van der Waals surface area contributed by atoms with E-state index in [-0.39, 0.29) is 23.9 Å². The van der Waals surface area contributed by atoms with E-state index in [1.165, 1.54) is 0 Å². The summed E-state index contributed by atoms with van der Waals surface area (Å²) in [6.07, 6.45) is 0. The number of aliphatic imine (C=N–C) groups is 1. The van der Waals surface area contributed by atoms with Crippen LogP contribution in [0, 0.1) is 0 Å². The van der Waals surface area contributed by atoms with Crippen LogP contribution in [0.15, 0.2) is 29.3 Å². The topological polar surface area (TPSA) is 30.8 Å². The Labute approximate surface area is 138 Å². The largest absolute Gasteiger partial charge is 0.494 e. The molecule has 0 aliphatic carbocycles. The van der Waals surface area contributed by atoms with Gasteiger partial charge in [0, 0.05) is 11.3 Å². The summed E-state index contributed by atoms with van der Waals surface area (Å²) in [5.41, 5.74) is 1.62. The molecule has 1 fully saturated rings. The van der Waals surface area contributed by atoms with Crippen molar-refractivity contribution in [2.45, 2.75) is 58.3 Å². The van der Waals surface area contributed by atoms with Crippen molar-refractivity contribution in [2.24, 2.45) is 4.99 Å². The van der Waals surface area contributed by atoms with E-state index < -0.39 is 0 Å². The number of hydrogen-bond acceptors (Lipinski definition) is 4. The van der Waals surface area contributed by atoms with Crippen LogP contribution in [-0.2, 0) is 9.31 Å². The van der Waals surface area contributed by atoms with Crippen molar-refractivity contribution >= 4 is 29.4 Å². The lowest BCUT2D eigenvalue weighted by molar-refractivity contribution is 0.00578. The van der Waals surface area contributed by atoms with Crippen molar-refractivity contribution in [3.05, 3.63) is 29.8 Å². The molecule has 0 saturated carbocycles. The zero-order valence-corrected chi connectivity index (χ0v) is 15.1. The fourth-order valence-electron chi connectivity index (χ4n) is 2.53. The molecule has 1 saturated heterocycles. The highest BCUT2D eigenvalue weighted by Crippen LogP contribution is 2.36. The van der Waals surface area contributed by atoms with Gasteiger partial charge in [0.05, 0.1) is 21.8 Å². The quantitative estimate of drug-likeness (QED) is 0.785. The molecular formula is C17H24BNO2S. The molecule has 0 atom stereocenters. The Morgan fingerprint density at radius 1 is 1.05 bits per heavy atom. The number of rotatable bonds is 2. The van der Waals surface area contributed by atoms with Crippen LogP contribution >= 0.6 is 11.8 Å². The fraction of sp³-hybridized carbons (Fsp3) is 0.588. The van der Waals surface area contributed by atoms with E-state index in [1.807, 2.05) is 11.8 Å². The summed E-state index contributed by atoms with van der Waals surface area (Å²) in [7, 11) is -0.315. The first-order valence-corrected chi connectivity index (χ1v) is 8.77. The maximum Gasteiger partial charge on any atom is 0.494 e. The highest BCUT2D eigenvalue weighted by molar-refractivity contribution is 8.14. The predicted molar refractivity (Wildman–Crippen MR) is 95.2 cm³/mol. The second-order valence-corrected chi connectivity index (χ2v) is 8.70. The molecule has 0 unspecified atom stereocenters. The molecular weight excluding hydrogens is 293 g/mol. The molecule has 0 radical (unpaired) electrons. The van der Waals surface area contributed by atoms with Gasteiger partial charge in [0.15, 0.2) is 0 Å². The van der Waals surface area contributed by atoms with E-state index >= 15 is 0 Å². The molecule has 0 amide bonds. The summed E-state index contributed by atoms with van der Waals surface area (Å²) < 4.78 is 12.3. The lowest BCUT2D eigenvalue weighted by Crippen LogP contribution is -2.41. The van der Waals surface area contributed by atoms with Gasteiger partial charge in [-0.25, -0.2) is 0 Å². The van der Waals surface area contributed by atoms with Crippen molar-refractivity contribution in [2.75, 3.05) is 5.75 Å². The third-order valence-electron chi connectivity index (χ3n) is 4.63. The summed E-state index contributed by atoms with van der Waals surface area (Å²) in [6.45, 7) is 12.7. The van der Waals surface area contributed by atoms with Crippen LogP contribution in [0.5, 0.6) is 0 Å². The molecule has 1 aromatic carbocycles. The van der Waals surface area contributed by atoms with Gasteiger partial charge in [-0.3, -0.25) is 4.99 Å². The molecule has 0 N–H and O–H groups in total. The van der Waals surface area contributed by atoms with Crippen molar-refractivity contribution in [3.8, 4) is 0 Å². The van der Waals surface area contributed by atoms with Crippen LogP contribution in [0.25, 0.3) is 0 Å². The van der Waals surface area contributed by atoms with Crippen LogP contribution in [0.3, 0.4) is 0 Å². The number of benzene rings is 1. The van der Waals surface area contributed by atoms with E-state index in [2.05, 4.69) is 65.8 Å². The molecule has 0 aromatic heterocycles. The van der Waals surface area contributed by atoms with E-state index in [9.17, 15) is 0 Å². The average molecular weight is 317 g/mol. The lowest BCUT2D eigenvalue weighted by atomic mass is 9.78. The summed E-state index contributed by atoms with van der Waals surface area (Å²) in [6, 6.07) is 8.39. The smallest absolute Gasteiger partial charge is 0.399 e. The summed E-state index contributed by atoms with van der Waals surface area (Å²) >= 11 is 1.82. The van der Waals surface area contributed by atoms with Crippen molar-refractivity contribution < 1.29 is 9.31 Å². The number of nitrogens with zero attached hydrogens (tertiary/aromatic N) is 1. The third kappa shape index (κ3) is 2.86. The fourth-order valence-corrected chi connectivity index (χ4v) is 3.69. The SMILES string of the molecule is CC1(C)CSC(c2cccc(B3OC(C)(C)C(C)(C)O3)c2)=N1. The molecule has 2 heterocycles. The summed E-state index contributed by atoms with van der Waals surface area (Å²) in [5, 5.41) is 1.11. The molecule has 22 heavy (non-hydrogen) atoms. The van der Waals surface area contributed by atoms with Crippen LogP contribution in [0.2, 0.25) is 0 Å². The maximum absolute atomic E-state index is 6.14. The van der Waals surface area contributed by atoms with E-state index in [4.69, 9.17) is 14.3 Å². The van der Waals surface area contributed by atoms with E-state index in [0.717, 1.165) is 21.8 Å². The molecule has 0 spiro atoms. The van der Waals surface area contributed by atoms with Gasteiger partial charge in [0.2, 0.25) is 0 Å². The zero-order chi connectivity index (χ0) is 16.2. The monoisotopic (exact) mass is 317 g/mol. The first-order chi connectivity index (χ1) is 10.1. The minimum Gasteiger partial charge on any atom is -0.399 e. The Bertz CT molecular complexity index is 609. The highest BCUT2D eigenvalue weighted by Gasteiger charge is 2.51. The minimum atomic E-state index is -0.315.